The summed E-state index contributed by atoms with van der Waals surface area (Å²) in [6.07, 6.45) is 12.4. The lowest BCUT2D eigenvalue weighted by Gasteiger charge is -2.32. The van der Waals surface area contributed by atoms with Gasteiger partial charge in [0.1, 0.15) is 11.6 Å². The van der Waals surface area contributed by atoms with Crippen molar-refractivity contribution >= 4 is 52.5 Å². The molecule has 0 fully saturated rings. The van der Waals surface area contributed by atoms with Crippen LogP contribution in [0.1, 0.15) is 28.5 Å². The molecule has 1 aliphatic heterocycles. The minimum atomic E-state index is -1.22. The van der Waals surface area contributed by atoms with E-state index in [2.05, 4.69) is 103 Å². The summed E-state index contributed by atoms with van der Waals surface area (Å²) in [6.45, 7) is 2.29. The topological polar surface area (TPSA) is 64.3 Å². The zero-order valence-corrected chi connectivity index (χ0v) is 22.7. The number of fused-ring (bicyclic) bond motifs is 3. The van der Waals surface area contributed by atoms with Gasteiger partial charge in [-0.3, -0.25) is 0 Å². The Balaban J connectivity index is 1.18. The maximum Gasteiger partial charge on any atom is 0.346 e. The quantitative estimate of drug-likeness (QED) is 0.197. The molecule has 40 heavy (non-hydrogen) atoms. The molecule has 194 valence electrons. The highest BCUT2D eigenvalue weighted by atomic mass is 32.1. The average Bonchev–Trinajstić information content (AvgIpc) is 3.59. The van der Waals surface area contributed by atoms with Crippen LogP contribution in [0.4, 0.5) is 11.4 Å². The lowest BCUT2D eigenvalue weighted by atomic mass is 9.88. The molecule has 2 atom stereocenters. The number of carbonyl (C=O) groups is 1. The summed E-state index contributed by atoms with van der Waals surface area (Å²) in [4.78, 5) is 15.8. The first kappa shape index (κ1) is 25.4. The summed E-state index contributed by atoms with van der Waals surface area (Å²) < 4.78 is 0. The highest BCUT2D eigenvalue weighted by Crippen LogP contribution is 2.48. The normalized spacial score (nSPS) is 17.9. The number of allylic oxidation sites excluding steroid dienone is 2. The molecule has 2 aliphatic rings. The number of aliphatic carboxylic acids is 1. The Morgan fingerprint density at radius 3 is 2.45 bits per heavy atom. The van der Waals surface area contributed by atoms with E-state index in [4.69, 9.17) is 10.4 Å². The maximum atomic E-state index is 11.1. The summed E-state index contributed by atoms with van der Waals surface area (Å²) in [6, 6.07) is 31.2. The van der Waals surface area contributed by atoms with Gasteiger partial charge in [-0.2, -0.15) is 5.26 Å². The second-order valence-corrected chi connectivity index (χ2v) is 11.0. The number of thiophene rings is 1. The minimum absolute atomic E-state index is 0.281. The van der Waals surface area contributed by atoms with Crippen molar-refractivity contribution in [2.75, 3.05) is 4.90 Å². The van der Waals surface area contributed by atoms with Crippen LogP contribution >= 0.6 is 11.3 Å². The second kappa shape index (κ2) is 10.7. The molecule has 4 nitrogen and oxygen atoms in total. The fourth-order valence-corrected chi connectivity index (χ4v) is 6.31. The first-order valence-corrected chi connectivity index (χ1v) is 13.9. The number of para-hydroxylation sites is 1. The van der Waals surface area contributed by atoms with Crippen molar-refractivity contribution in [3.05, 3.63) is 130 Å². The molecular formula is C35H26N2O2S. The second-order valence-electron chi connectivity index (χ2n) is 9.92. The Morgan fingerprint density at radius 1 is 0.950 bits per heavy atom. The van der Waals surface area contributed by atoms with E-state index < -0.39 is 5.97 Å². The van der Waals surface area contributed by atoms with Crippen LogP contribution in [0.5, 0.6) is 0 Å². The zero-order valence-electron chi connectivity index (χ0n) is 21.9. The summed E-state index contributed by atoms with van der Waals surface area (Å²) >= 11 is 1.69. The van der Waals surface area contributed by atoms with Crippen molar-refractivity contribution in [1.29, 1.82) is 5.26 Å². The lowest BCUT2D eigenvalue weighted by molar-refractivity contribution is -0.132. The Labute approximate surface area is 237 Å². The molecule has 1 aromatic heterocycles. The van der Waals surface area contributed by atoms with Crippen LogP contribution < -0.4 is 4.90 Å². The number of hydrogen-bond donors (Lipinski definition) is 1. The molecule has 0 radical (unpaired) electrons. The number of anilines is 2. The molecule has 5 heteroatoms. The SMILES string of the molecule is CC1C=CC=C2c3ccccc3N(c3ccc(/C=C/c4ccc(-c5ccc(/C=C(\C#N)C(=O)O)cc5)s4)cc3)C21. The molecule has 0 saturated heterocycles. The first-order chi connectivity index (χ1) is 19.5. The third-order valence-corrected chi connectivity index (χ3v) is 8.45. The number of nitrogens with zero attached hydrogens (tertiary/aromatic N) is 2. The smallest absolute Gasteiger partial charge is 0.346 e. The third-order valence-electron chi connectivity index (χ3n) is 7.36. The third kappa shape index (κ3) is 4.82. The van der Waals surface area contributed by atoms with E-state index in [1.807, 2.05) is 24.3 Å². The number of hydrogen-bond acceptors (Lipinski definition) is 4. The minimum Gasteiger partial charge on any atom is -0.477 e. The summed E-state index contributed by atoms with van der Waals surface area (Å²) in [5.74, 6) is -0.799. The number of carboxylic acids is 1. The lowest BCUT2D eigenvalue weighted by Crippen LogP contribution is -2.33. The van der Waals surface area contributed by atoms with Crippen molar-refractivity contribution in [2.45, 2.75) is 13.0 Å². The van der Waals surface area contributed by atoms with Gasteiger partial charge in [-0.1, -0.05) is 85.8 Å². The Kier molecular flexibility index (Phi) is 6.77. The molecule has 1 N–H and O–H groups in total. The molecule has 2 heterocycles. The van der Waals surface area contributed by atoms with Gasteiger partial charge in [-0.25, -0.2) is 4.79 Å². The molecule has 3 aromatic carbocycles. The van der Waals surface area contributed by atoms with Gasteiger partial charge >= 0.3 is 5.97 Å². The van der Waals surface area contributed by atoms with Gasteiger partial charge in [0, 0.05) is 26.7 Å². The number of carboxylic acid groups (broad SMARTS) is 1. The van der Waals surface area contributed by atoms with Crippen molar-refractivity contribution in [2.24, 2.45) is 5.92 Å². The maximum absolute atomic E-state index is 11.1. The van der Waals surface area contributed by atoms with E-state index in [1.54, 1.807) is 17.4 Å². The monoisotopic (exact) mass is 538 g/mol. The van der Waals surface area contributed by atoms with Crippen molar-refractivity contribution in [3.63, 3.8) is 0 Å². The van der Waals surface area contributed by atoms with Gasteiger partial charge in [0.25, 0.3) is 0 Å². The standard InChI is InChI=1S/C35H26N2O2S/c1-23-5-4-7-31-30-6-2-3-8-32(30)37(34(23)31)28-16-11-24(12-17-28)13-18-29-19-20-33(40-29)26-14-9-25(10-15-26)21-27(22-36)35(38)39/h2-21,23,34H,1H3,(H,38,39)/b18-13+,27-21+. The van der Waals surface area contributed by atoms with E-state index in [9.17, 15) is 4.79 Å². The predicted molar refractivity (Wildman–Crippen MR) is 165 cm³/mol. The van der Waals surface area contributed by atoms with E-state index in [-0.39, 0.29) is 5.57 Å². The Bertz CT molecular complexity index is 1750. The van der Waals surface area contributed by atoms with E-state index in [0.29, 0.717) is 17.5 Å². The summed E-state index contributed by atoms with van der Waals surface area (Å²) in [7, 11) is 0. The number of rotatable bonds is 6. The van der Waals surface area contributed by atoms with Crippen molar-refractivity contribution in [3.8, 4) is 16.5 Å². The number of benzene rings is 3. The van der Waals surface area contributed by atoms with Gasteiger partial charge < -0.3 is 10.0 Å². The molecule has 4 aromatic rings. The van der Waals surface area contributed by atoms with Crippen LogP contribution in [0.25, 0.3) is 34.2 Å². The average molecular weight is 539 g/mol. The molecular weight excluding hydrogens is 512 g/mol. The molecule has 1 aliphatic carbocycles. The molecule has 0 bridgehead atoms. The fraction of sp³-hybridized carbons (Fsp3) is 0.0857. The molecule has 0 spiro atoms. The highest BCUT2D eigenvalue weighted by Gasteiger charge is 2.37. The highest BCUT2D eigenvalue weighted by molar-refractivity contribution is 7.16. The van der Waals surface area contributed by atoms with Gasteiger partial charge in [-0.05, 0) is 70.7 Å². The van der Waals surface area contributed by atoms with Crippen LogP contribution in [0.3, 0.4) is 0 Å². The summed E-state index contributed by atoms with van der Waals surface area (Å²) in [5, 5.41) is 18.0. The molecule has 6 rings (SSSR count). The number of nitriles is 1. The van der Waals surface area contributed by atoms with E-state index >= 15 is 0 Å². The fourth-order valence-electron chi connectivity index (χ4n) is 5.40. The van der Waals surface area contributed by atoms with Crippen LogP contribution in [0.15, 0.2) is 109 Å². The van der Waals surface area contributed by atoms with Gasteiger partial charge in [0.15, 0.2) is 0 Å². The van der Waals surface area contributed by atoms with Crippen molar-refractivity contribution < 1.29 is 9.90 Å². The first-order valence-electron chi connectivity index (χ1n) is 13.1. The van der Waals surface area contributed by atoms with Gasteiger partial charge in [0.05, 0.1) is 6.04 Å². The Hall–Kier alpha value is -4.92. The molecule has 0 saturated carbocycles. The van der Waals surface area contributed by atoms with Gasteiger partial charge in [-0.15, -0.1) is 11.3 Å². The zero-order chi connectivity index (χ0) is 27.6. The van der Waals surface area contributed by atoms with E-state index in [0.717, 1.165) is 20.9 Å². The van der Waals surface area contributed by atoms with Crippen molar-refractivity contribution in [1.82, 2.24) is 0 Å². The van der Waals surface area contributed by atoms with Crippen LogP contribution in [0, 0.1) is 17.2 Å². The summed E-state index contributed by atoms with van der Waals surface area (Å²) in [5.41, 5.74) is 7.76. The van der Waals surface area contributed by atoms with E-state index in [1.165, 1.54) is 28.6 Å². The molecule has 2 unspecified atom stereocenters. The van der Waals surface area contributed by atoms with Crippen LogP contribution in [-0.2, 0) is 4.79 Å². The van der Waals surface area contributed by atoms with Crippen LogP contribution in [0.2, 0.25) is 0 Å². The van der Waals surface area contributed by atoms with Crippen LogP contribution in [-0.4, -0.2) is 17.1 Å². The van der Waals surface area contributed by atoms with Gasteiger partial charge in [0.2, 0.25) is 0 Å². The predicted octanol–water partition coefficient (Wildman–Crippen LogP) is 8.69. The molecule has 0 amide bonds. The largest absolute Gasteiger partial charge is 0.477 e. The Morgan fingerprint density at radius 2 is 1.70 bits per heavy atom.